The van der Waals surface area contributed by atoms with Crippen molar-refractivity contribution < 1.29 is 10.0 Å². The number of hydrogen-bond acceptors (Lipinski definition) is 3. The van der Waals surface area contributed by atoms with E-state index in [2.05, 4.69) is 0 Å². The molecule has 1 rings (SSSR count). The Morgan fingerprint density at radius 2 is 2.08 bits per heavy atom. The predicted octanol–water partition coefficient (Wildman–Crippen LogP) is 0.294. The summed E-state index contributed by atoms with van der Waals surface area (Å²) in [6, 6.07) is 7.15. The lowest BCUT2D eigenvalue weighted by atomic mass is 9.91. The fourth-order valence-electron chi connectivity index (χ4n) is 0.860. The highest BCUT2D eigenvalue weighted by Crippen LogP contribution is 2.07. The zero-order chi connectivity index (χ0) is 8.97. The lowest BCUT2D eigenvalue weighted by molar-refractivity contribution is 0.424. The minimum Gasteiger partial charge on any atom is -0.424 e. The average Bonchev–Trinajstić information content (AvgIpc) is 2.01. The zero-order valence-corrected chi connectivity index (χ0v) is 6.51. The second-order valence-electron chi connectivity index (χ2n) is 2.44. The first-order valence-corrected chi connectivity index (χ1v) is 3.58. The van der Waals surface area contributed by atoms with E-state index in [4.69, 9.17) is 15.8 Å². The van der Waals surface area contributed by atoms with Crippen LogP contribution in [0.25, 0.3) is 6.08 Å². The second-order valence-corrected chi connectivity index (χ2v) is 2.44. The lowest BCUT2D eigenvalue weighted by Crippen LogP contribution is -2.05. The third-order valence-electron chi connectivity index (χ3n) is 1.37. The molecule has 0 aliphatic heterocycles. The summed E-state index contributed by atoms with van der Waals surface area (Å²) >= 11 is 0. The fourth-order valence-corrected chi connectivity index (χ4v) is 0.860. The molecule has 0 aliphatic carbocycles. The van der Waals surface area contributed by atoms with Gasteiger partial charge >= 0.3 is 7.12 Å². The van der Waals surface area contributed by atoms with Crippen molar-refractivity contribution in [3.05, 3.63) is 35.8 Å². The molecular weight excluding hydrogens is 153 g/mol. The number of benzene rings is 1. The normalized spacial score (nSPS) is 10.5. The summed E-state index contributed by atoms with van der Waals surface area (Å²) in [7, 11) is -1.41. The largest absolute Gasteiger partial charge is 0.480 e. The molecule has 0 spiro atoms. The van der Waals surface area contributed by atoms with Crippen LogP contribution < -0.4 is 5.73 Å². The van der Waals surface area contributed by atoms with Crippen molar-refractivity contribution >= 4 is 18.9 Å². The molecule has 0 aromatic heterocycles. The van der Waals surface area contributed by atoms with Crippen molar-refractivity contribution in [2.75, 3.05) is 5.73 Å². The molecule has 3 nitrogen and oxygen atoms in total. The topological polar surface area (TPSA) is 66.5 Å². The van der Waals surface area contributed by atoms with E-state index in [-0.39, 0.29) is 0 Å². The van der Waals surface area contributed by atoms with Crippen molar-refractivity contribution in [1.29, 1.82) is 0 Å². The molecular formula is C8H10BNO2. The van der Waals surface area contributed by atoms with Crippen LogP contribution in [0.5, 0.6) is 0 Å². The molecule has 12 heavy (non-hydrogen) atoms. The molecule has 0 fully saturated rings. The summed E-state index contributed by atoms with van der Waals surface area (Å²) in [4.78, 5) is 0. The molecule has 0 amide bonds. The Bertz CT molecular complexity index is 286. The van der Waals surface area contributed by atoms with Crippen LogP contribution >= 0.6 is 0 Å². The van der Waals surface area contributed by atoms with Crippen molar-refractivity contribution in [2.45, 2.75) is 0 Å². The molecule has 1 aromatic rings. The number of nitrogen functional groups attached to an aromatic ring is 1. The van der Waals surface area contributed by atoms with Crippen LogP contribution in [0.3, 0.4) is 0 Å². The van der Waals surface area contributed by atoms with E-state index < -0.39 is 7.12 Å². The van der Waals surface area contributed by atoms with Crippen LogP contribution in [0.1, 0.15) is 5.56 Å². The quantitative estimate of drug-likeness (QED) is 0.433. The summed E-state index contributed by atoms with van der Waals surface area (Å²) in [6.07, 6.45) is 1.60. The Kier molecular flexibility index (Phi) is 2.91. The van der Waals surface area contributed by atoms with Gasteiger partial charge in [0.2, 0.25) is 0 Å². The van der Waals surface area contributed by atoms with Gasteiger partial charge in [-0.3, -0.25) is 0 Å². The van der Waals surface area contributed by atoms with E-state index >= 15 is 0 Å². The summed E-state index contributed by atoms with van der Waals surface area (Å²) in [6.45, 7) is 0. The van der Waals surface area contributed by atoms with E-state index in [0.29, 0.717) is 5.69 Å². The molecule has 0 saturated carbocycles. The fraction of sp³-hybridized carbons (Fsp3) is 0. The van der Waals surface area contributed by atoms with Crippen LogP contribution in [-0.4, -0.2) is 17.2 Å². The summed E-state index contributed by atoms with van der Waals surface area (Å²) in [5, 5.41) is 17.0. The van der Waals surface area contributed by atoms with E-state index in [1.165, 1.54) is 5.98 Å². The molecule has 0 aliphatic rings. The van der Waals surface area contributed by atoms with Crippen LogP contribution in [0, 0.1) is 0 Å². The monoisotopic (exact) mass is 163 g/mol. The Hall–Kier alpha value is -1.26. The molecule has 1 aromatic carbocycles. The van der Waals surface area contributed by atoms with E-state index in [1.807, 2.05) is 6.07 Å². The van der Waals surface area contributed by atoms with Gasteiger partial charge in [0.25, 0.3) is 0 Å². The number of hydrogen-bond donors (Lipinski definition) is 3. The lowest BCUT2D eigenvalue weighted by Gasteiger charge is -1.94. The van der Waals surface area contributed by atoms with Crippen LogP contribution in [0.4, 0.5) is 5.69 Å². The molecule has 0 atom stereocenters. The van der Waals surface area contributed by atoms with E-state index in [9.17, 15) is 0 Å². The summed E-state index contributed by atoms with van der Waals surface area (Å²) in [5.74, 6) is 1.27. The number of anilines is 1. The minimum absolute atomic E-state index is 0.657. The minimum atomic E-state index is -1.41. The summed E-state index contributed by atoms with van der Waals surface area (Å²) in [5.41, 5.74) is 7.01. The van der Waals surface area contributed by atoms with Gasteiger partial charge in [0.05, 0.1) is 0 Å². The average molecular weight is 163 g/mol. The molecule has 0 saturated heterocycles. The van der Waals surface area contributed by atoms with Gasteiger partial charge in [-0.2, -0.15) is 0 Å². The van der Waals surface area contributed by atoms with E-state index in [1.54, 1.807) is 24.3 Å². The van der Waals surface area contributed by atoms with Gasteiger partial charge < -0.3 is 15.8 Å². The highest BCUT2D eigenvalue weighted by molar-refractivity contribution is 6.48. The van der Waals surface area contributed by atoms with Crippen molar-refractivity contribution in [3.63, 3.8) is 0 Å². The maximum absolute atomic E-state index is 8.52. The molecule has 0 heterocycles. The maximum atomic E-state index is 8.52. The van der Waals surface area contributed by atoms with E-state index in [0.717, 1.165) is 5.56 Å². The van der Waals surface area contributed by atoms with Gasteiger partial charge in [-0.05, 0) is 17.7 Å². The van der Waals surface area contributed by atoms with Crippen molar-refractivity contribution in [1.82, 2.24) is 0 Å². The van der Waals surface area contributed by atoms with Crippen LogP contribution in [-0.2, 0) is 0 Å². The van der Waals surface area contributed by atoms with Crippen LogP contribution in [0.15, 0.2) is 30.2 Å². The molecule has 0 unspecified atom stereocenters. The smallest absolute Gasteiger partial charge is 0.424 e. The second kappa shape index (κ2) is 3.94. The van der Waals surface area contributed by atoms with Gasteiger partial charge in [-0.25, -0.2) is 0 Å². The van der Waals surface area contributed by atoms with Crippen molar-refractivity contribution in [3.8, 4) is 0 Å². The first-order valence-electron chi connectivity index (χ1n) is 3.58. The molecule has 62 valence electrons. The third-order valence-corrected chi connectivity index (χ3v) is 1.37. The number of rotatable bonds is 2. The Morgan fingerprint density at radius 1 is 1.33 bits per heavy atom. The standard InChI is InChI=1S/C8H10BNO2/c10-8-3-1-2-7(6-8)4-5-9(11)12/h1-6,11-12H,10H2/b5-4+. The van der Waals surface area contributed by atoms with Gasteiger partial charge in [-0.1, -0.05) is 24.2 Å². The highest BCUT2D eigenvalue weighted by Gasteiger charge is 1.97. The molecule has 0 radical (unpaired) electrons. The van der Waals surface area contributed by atoms with Gasteiger partial charge in [0, 0.05) is 5.69 Å². The first kappa shape index (κ1) is 8.84. The SMILES string of the molecule is Nc1cccc(/C=C/B(O)O)c1. The van der Waals surface area contributed by atoms with Gasteiger partial charge in [0.15, 0.2) is 0 Å². The molecule has 4 N–H and O–H groups in total. The Labute approximate surface area is 71.3 Å². The summed E-state index contributed by atoms with van der Waals surface area (Å²) < 4.78 is 0. The zero-order valence-electron chi connectivity index (χ0n) is 6.51. The van der Waals surface area contributed by atoms with Crippen LogP contribution in [0.2, 0.25) is 0 Å². The van der Waals surface area contributed by atoms with Gasteiger partial charge in [0.1, 0.15) is 0 Å². The highest BCUT2D eigenvalue weighted by atomic mass is 16.4. The number of nitrogens with two attached hydrogens (primary N) is 1. The predicted molar refractivity (Wildman–Crippen MR) is 50.1 cm³/mol. The Morgan fingerprint density at radius 3 is 2.67 bits per heavy atom. The maximum Gasteiger partial charge on any atom is 0.480 e. The first-order chi connectivity index (χ1) is 5.68. The van der Waals surface area contributed by atoms with Crippen molar-refractivity contribution in [2.24, 2.45) is 0 Å². The molecule has 0 bridgehead atoms. The molecule has 4 heteroatoms. The third kappa shape index (κ3) is 2.78. The Balaban J connectivity index is 2.76. The van der Waals surface area contributed by atoms with Gasteiger partial charge in [-0.15, -0.1) is 0 Å².